The second kappa shape index (κ2) is 7.07. The number of nitrogens with one attached hydrogen (secondary N) is 1. The highest BCUT2D eigenvalue weighted by atomic mass is 127. The van der Waals surface area contributed by atoms with E-state index >= 15 is 0 Å². The average Bonchev–Trinajstić information content (AvgIpc) is 2.72. The van der Waals surface area contributed by atoms with E-state index in [4.69, 9.17) is 5.73 Å². The fourth-order valence-electron chi connectivity index (χ4n) is 1.52. The maximum Gasteiger partial charge on any atom is 0.193 e. The van der Waals surface area contributed by atoms with E-state index in [1.165, 1.54) is 5.56 Å². The van der Waals surface area contributed by atoms with Crippen molar-refractivity contribution in [2.24, 2.45) is 17.8 Å². The molecule has 2 aromatic rings. The van der Waals surface area contributed by atoms with Gasteiger partial charge in [-0.25, -0.2) is 4.99 Å². The normalized spacial score (nSPS) is 10.9. The van der Waals surface area contributed by atoms with Crippen LogP contribution in [0.5, 0.6) is 0 Å². The lowest BCUT2D eigenvalue weighted by Crippen LogP contribution is -2.22. The summed E-state index contributed by atoms with van der Waals surface area (Å²) in [6.07, 6.45) is 1.63. The fourth-order valence-corrected chi connectivity index (χ4v) is 1.52. The average molecular weight is 372 g/mol. The number of hydrogen-bond donors (Lipinski definition) is 2. The number of aliphatic imine (C=N–C) groups is 1. The Hall–Kier alpha value is -1.64. The van der Waals surface area contributed by atoms with Gasteiger partial charge in [-0.1, -0.05) is 12.1 Å². The third-order valence-electron chi connectivity index (χ3n) is 2.49. The summed E-state index contributed by atoms with van der Waals surface area (Å²) in [5, 5.41) is 10.7. The standard InChI is InChI=1S/C12H16N6.HI/c1-9-4-3-5-10(6-9)16-12(13)14-7-11-17-15-8-18(11)2;/h3-6,8H,7H2,1-2H3,(H3,13,14,16);1H. The summed E-state index contributed by atoms with van der Waals surface area (Å²) in [7, 11) is 1.87. The second-order valence-corrected chi connectivity index (χ2v) is 4.05. The Morgan fingerprint density at radius 1 is 1.47 bits per heavy atom. The van der Waals surface area contributed by atoms with Gasteiger partial charge in [0.25, 0.3) is 0 Å². The first-order valence-corrected chi connectivity index (χ1v) is 5.61. The Labute approximate surface area is 129 Å². The van der Waals surface area contributed by atoms with Crippen LogP contribution in [-0.2, 0) is 13.6 Å². The van der Waals surface area contributed by atoms with Crippen LogP contribution >= 0.6 is 24.0 Å². The van der Waals surface area contributed by atoms with Crippen molar-refractivity contribution in [2.75, 3.05) is 5.32 Å². The van der Waals surface area contributed by atoms with Crippen molar-refractivity contribution in [1.29, 1.82) is 0 Å². The predicted octanol–water partition coefficient (Wildman–Crippen LogP) is 1.67. The first kappa shape index (κ1) is 15.4. The number of nitrogens with zero attached hydrogens (tertiary/aromatic N) is 4. The molecule has 3 N–H and O–H groups in total. The van der Waals surface area contributed by atoms with E-state index in [9.17, 15) is 0 Å². The molecule has 0 saturated carbocycles. The molecule has 6 nitrogen and oxygen atoms in total. The van der Waals surface area contributed by atoms with Gasteiger partial charge in [-0.2, -0.15) is 0 Å². The molecule has 102 valence electrons. The molecule has 0 saturated heterocycles. The minimum atomic E-state index is 0. The lowest BCUT2D eigenvalue weighted by Gasteiger charge is -2.06. The van der Waals surface area contributed by atoms with E-state index in [0.717, 1.165) is 11.5 Å². The number of aryl methyl sites for hydroxylation is 2. The van der Waals surface area contributed by atoms with Crippen LogP contribution in [0.4, 0.5) is 5.69 Å². The van der Waals surface area contributed by atoms with E-state index in [0.29, 0.717) is 12.5 Å². The number of nitrogens with two attached hydrogens (primary N) is 1. The molecule has 1 heterocycles. The van der Waals surface area contributed by atoms with Crippen molar-refractivity contribution in [3.63, 3.8) is 0 Å². The molecule has 0 aliphatic carbocycles. The highest BCUT2D eigenvalue weighted by Crippen LogP contribution is 2.08. The molecule has 0 bridgehead atoms. The van der Waals surface area contributed by atoms with Gasteiger partial charge < -0.3 is 15.6 Å². The summed E-state index contributed by atoms with van der Waals surface area (Å²) in [6, 6.07) is 7.94. The summed E-state index contributed by atoms with van der Waals surface area (Å²) >= 11 is 0. The van der Waals surface area contributed by atoms with Gasteiger partial charge in [0, 0.05) is 12.7 Å². The van der Waals surface area contributed by atoms with Crippen molar-refractivity contribution in [3.05, 3.63) is 42.0 Å². The Kier molecular flexibility index (Phi) is 5.74. The van der Waals surface area contributed by atoms with Gasteiger partial charge in [-0.15, -0.1) is 34.2 Å². The molecule has 0 aliphatic rings. The molecule has 2 rings (SSSR count). The number of rotatable bonds is 3. The Balaban J connectivity index is 0.00000180. The van der Waals surface area contributed by atoms with E-state index in [2.05, 4.69) is 20.5 Å². The Morgan fingerprint density at radius 3 is 2.89 bits per heavy atom. The summed E-state index contributed by atoms with van der Waals surface area (Å²) in [5.41, 5.74) is 7.90. The maximum atomic E-state index is 5.80. The van der Waals surface area contributed by atoms with Crippen LogP contribution in [0.1, 0.15) is 11.4 Å². The number of aromatic nitrogens is 3. The number of benzene rings is 1. The van der Waals surface area contributed by atoms with Gasteiger partial charge >= 0.3 is 0 Å². The van der Waals surface area contributed by atoms with Gasteiger partial charge in [0.15, 0.2) is 11.8 Å². The smallest absolute Gasteiger partial charge is 0.193 e. The summed E-state index contributed by atoms with van der Waals surface area (Å²) < 4.78 is 1.81. The largest absolute Gasteiger partial charge is 0.370 e. The predicted molar refractivity (Wildman–Crippen MR) is 86.5 cm³/mol. The van der Waals surface area contributed by atoms with Gasteiger partial charge in [0.2, 0.25) is 0 Å². The minimum Gasteiger partial charge on any atom is -0.370 e. The molecule has 19 heavy (non-hydrogen) atoms. The zero-order valence-electron chi connectivity index (χ0n) is 10.9. The van der Waals surface area contributed by atoms with Gasteiger partial charge in [-0.3, -0.25) is 0 Å². The third-order valence-corrected chi connectivity index (χ3v) is 2.49. The first-order valence-electron chi connectivity index (χ1n) is 5.61. The number of halogens is 1. The van der Waals surface area contributed by atoms with Gasteiger partial charge in [-0.05, 0) is 24.6 Å². The Morgan fingerprint density at radius 2 is 2.26 bits per heavy atom. The maximum absolute atomic E-state index is 5.80. The molecule has 0 fully saturated rings. The number of guanidine groups is 1. The molecule has 0 aliphatic heterocycles. The lowest BCUT2D eigenvalue weighted by atomic mass is 10.2. The van der Waals surface area contributed by atoms with Crippen molar-refractivity contribution in [1.82, 2.24) is 14.8 Å². The first-order chi connectivity index (χ1) is 8.65. The fraction of sp³-hybridized carbons (Fsp3) is 0.250. The van der Waals surface area contributed by atoms with Crippen molar-refractivity contribution >= 4 is 35.6 Å². The van der Waals surface area contributed by atoms with Crippen LogP contribution in [0, 0.1) is 6.92 Å². The molecular weight excluding hydrogens is 355 g/mol. The van der Waals surface area contributed by atoms with E-state index in [1.807, 2.05) is 42.8 Å². The van der Waals surface area contributed by atoms with Crippen LogP contribution < -0.4 is 11.1 Å². The number of anilines is 1. The van der Waals surface area contributed by atoms with Crippen molar-refractivity contribution in [2.45, 2.75) is 13.5 Å². The van der Waals surface area contributed by atoms with Crippen LogP contribution in [0.3, 0.4) is 0 Å². The molecule has 0 spiro atoms. The molecule has 0 atom stereocenters. The zero-order chi connectivity index (χ0) is 13.0. The molecule has 0 amide bonds. The molecular formula is C12H17IN6. The molecule has 7 heteroatoms. The van der Waals surface area contributed by atoms with E-state index in [-0.39, 0.29) is 24.0 Å². The van der Waals surface area contributed by atoms with Crippen LogP contribution in [0.2, 0.25) is 0 Å². The van der Waals surface area contributed by atoms with Gasteiger partial charge in [0.1, 0.15) is 12.9 Å². The van der Waals surface area contributed by atoms with Crippen LogP contribution in [0.15, 0.2) is 35.6 Å². The van der Waals surface area contributed by atoms with E-state index in [1.54, 1.807) is 6.33 Å². The highest BCUT2D eigenvalue weighted by molar-refractivity contribution is 14.0. The zero-order valence-corrected chi connectivity index (χ0v) is 13.2. The summed E-state index contributed by atoms with van der Waals surface area (Å²) in [6.45, 7) is 2.43. The van der Waals surface area contributed by atoms with Crippen molar-refractivity contribution in [3.8, 4) is 0 Å². The molecule has 0 radical (unpaired) electrons. The quantitative estimate of drug-likeness (QED) is 0.488. The Bertz CT molecular complexity index is 563. The summed E-state index contributed by atoms with van der Waals surface area (Å²) in [4.78, 5) is 4.21. The second-order valence-electron chi connectivity index (χ2n) is 4.05. The SMILES string of the molecule is Cc1cccc(NC(N)=NCc2nncn2C)c1.I. The van der Waals surface area contributed by atoms with Crippen LogP contribution in [0.25, 0.3) is 0 Å². The molecule has 1 aromatic heterocycles. The lowest BCUT2D eigenvalue weighted by molar-refractivity contribution is 0.792. The van der Waals surface area contributed by atoms with Crippen LogP contribution in [-0.4, -0.2) is 20.7 Å². The van der Waals surface area contributed by atoms with Crippen molar-refractivity contribution < 1.29 is 0 Å². The topological polar surface area (TPSA) is 81.1 Å². The third kappa shape index (κ3) is 4.51. The van der Waals surface area contributed by atoms with E-state index < -0.39 is 0 Å². The molecule has 0 unspecified atom stereocenters. The highest BCUT2D eigenvalue weighted by Gasteiger charge is 2.00. The monoisotopic (exact) mass is 372 g/mol. The minimum absolute atomic E-state index is 0. The molecule has 1 aromatic carbocycles. The summed E-state index contributed by atoms with van der Waals surface area (Å²) in [5.74, 6) is 1.13. The van der Waals surface area contributed by atoms with Gasteiger partial charge in [0.05, 0.1) is 0 Å². The number of hydrogen-bond acceptors (Lipinski definition) is 3.